The monoisotopic (exact) mass is 449 g/mol. The van der Waals surface area contributed by atoms with Gasteiger partial charge < -0.3 is 9.64 Å². The Morgan fingerprint density at radius 2 is 1.35 bits per heavy atom. The molecule has 176 valence electrons. The van der Waals surface area contributed by atoms with E-state index < -0.39 is 0 Å². The van der Waals surface area contributed by atoms with Crippen molar-refractivity contribution in [1.82, 2.24) is 0 Å². The molecule has 31 heavy (non-hydrogen) atoms. The molecule has 0 aliphatic carbocycles. The molecule has 0 unspecified atom stereocenters. The molecular formula is C27H44ClNO2. The number of nitrogens with zero attached hydrogens (tertiary/aromatic N) is 1. The van der Waals surface area contributed by atoms with Crippen LogP contribution in [-0.4, -0.2) is 25.7 Å². The first-order chi connectivity index (χ1) is 15.2. The number of rotatable bonds is 17. The molecule has 1 fully saturated rings. The summed E-state index contributed by atoms with van der Waals surface area (Å²) in [6.07, 6.45) is 21.0. The minimum atomic E-state index is -0.230. The van der Waals surface area contributed by atoms with Gasteiger partial charge in [0.05, 0.1) is 22.9 Å². The second-order valence-electron chi connectivity index (χ2n) is 9.09. The summed E-state index contributed by atoms with van der Waals surface area (Å²) >= 11 is 6.33. The zero-order valence-corrected chi connectivity index (χ0v) is 20.6. The molecule has 2 rings (SSSR count). The molecule has 1 aliphatic rings. The van der Waals surface area contributed by atoms with Gasteiger partial charge in [-0.05, 0) is 37.5 Å². The highest BCUT2D eigenvalue weighted by molar-refractivity contribution is 6.33. The van der Waals surface area contributed by atoms with Crippen molar-refractivity contribution in [3.05, 3.63) is 28.8 Å². The molecule has 0 bridgehead atoms. The summed E-state index contributed by atoms with van der Waals surface area (Å²) in [7, 11) is 0. The molecule has 1 aromatic rings. The predicted molar refractivity (Wildman–Crippen MR) is 133 cm³/mol. The average Bonchev–Trinajstić information content (AvgIpc) is 3.31. The number of benzene rings is 1. The van der Waals surface area contributed by atoms with Gasteiger partial charge in [-0.3, -0.25) is 0 Å². The van der Waals surface area contributed by atoms with Crippen LogP contribution in [0.2, 0.25) is 5.02 Å². The van der Waals surface area contributed by atoms with E-state index in [-0.39, 0.29) is 5.97 Å². The minimum Gasteiger partial charge on any atom is -0.462 e. The molecule has 4 heteroatoms. The first-order valence-corrected chi connectivity index (χ1v) is 13.3. The highest BCUT2D eigenvalue weighted by Crippen LogP contribution is 2.30. The minimum absolute atomic E-state index is 0.230. The Morgan fingerprint density at radius 1 is 0.839 bits per heavy atom. The molecule has 0 radical (unpaired) electrons. The Kier molecular flexibility index (Phi) is 13.8. The van der Waals surface area contributed by atoms with E-state index in [1.165, 1.54) is 89.9 Å². The number of ether oxygens (including phenoxy) is 1. The third-order valence-electron chi connectivity index (χ3n) is 6.36. The maximum absolute atomic E-state index is 12.4. The Balaban J connectivity index is 1.45. The van der Waals surface area contributed by atoms with Crippen LogP contribution >= 0.6 is 11.6 Å². The molecule has 0 amide bonds. The summed E-state index contributed by atoms with van der Waals surface area (Å²) in [5.74, 6) is -0.230. The van der Waals surface area contributed by atoms with Crippen molar-refractivity contribution in [2.45, 2.75) is 110 Å². The number of anilines is 1. The highest BCUT2D eigenvalue weighted by Gasteiger charge is 2.17. The van der Waals surface area contributed by atoms with Gasteiger partial charge in [0, 0.05) is 13.1 Å². The normalized spacial score (nSPS) is 13.7. The largest absolute Gasteiger partial charge is 0.462 e. The molecule has 0 spiro atoms. The third kappa shape index (κ3) is 10.8. The van der Waals surface area contributed by atoms with Crippen molar-refractivity contribution in [3.8, 4) is 0 Å². The summed E-state index contributed by atoms with van der Waals surface area (Å²) in [6.45, 7) is 4.81. The van der Waals surface area contributed by atoms with Gasteiger partial charge in [0.15, 0.2) is 0 Å². The Bertz CT molecular complexity index is 613. The fourth-order valence-corrected chi connectivity index (χ4v) is 4.62. The number of carbonyl (C=O) groups is 1. The number of unbranched alkanes of at least 4 members (excludes halogenated alkanes) is 13. The summed E-state index contributed by atoms with van der Waals surface area (Å²) in [5, 5.41) is 0.713. The van der Waals surface area contributed by atoms with Gasteiger partial charge in [0.2, 0.25) is 0 Å². The van der Waals surface area contributed by atoms with Crippen LogP contribution in [0.4, 0.5) is 5.69 Å². The second-order valence-corrected chi connectivity index (χ2v) is 9.50. The fraction of sp³-hybridized carbons (Fsp3) is 0.741. The SMILES string of the molecule is CCCCCCCCCCCCCCCCOC(=O)c1ccc(Cl)c(N2CCCC2)c1. The van der Waals surface area contributed by atoms with Crippen LogP contribution in [0.25, 0.3) is 0 Å². The first-order valence-electron chi connectivity index (χ1n) is 12.9. The summed E-state index contributed by atoms with van der Waals surface area (Å²) in [4.78, 5) is 14.6. The van der Waals surface area contributed by atoms with Crippen LogP contribution in [0.15, 0.2) is 18.2 Å². The zero-order chi connectivity index (χ0) is 22.2. The van der Waals surface area contributed by atoms with Gasteiger partial charge in [-0.1, -0.05) is 102 Å². The molecular weight excluding hydrogens is 406 g/mol. The zero-order valence-electron chi connectivity index (χ0n) is 19.8. The molecule has 1 saturated heterocycles. The van der Waals surface area contributed by atoms with Gasteiger partial charge in [-0.15, -0.1) is 0 Å². The van der Waals surface area contributed by atoms with E-state index >= 15 is 0 Å². The topological polar surface area (TPSA) is 29.5 Å². The van der Waals surface area contributed by atoms with Crippen molar-refractivity contribution in [1.29, 1.82) is 0 Å². The summed E-state index contributed by atoms with van der Waals surface area (Å²) < 4.78 is 5.49. The second kappa shape index (κ2) is 16.4. The quantitative estimate of drug-likeness (QED) is 0.176. The van der Waals surface area contributed by atoms with Crippen LogP contribution in [0.5, 0.6) is 0 Å². The molecule has 3 nitrogen and oxygen atoms in total. The third-order valence-corrected chi connectivity index (χ3v) is 6.68. The van der Waals surface area contributed by atoms with Gasteiger partial charge in [-0.25, -0.2) is 4.79 Å². The van der Waals surface area contributed by atoms with Crippen LogP contribution < -0.4 is 4.90 Å². The molecule has 0 N–H and O–H groups in total. The average molecular weight is 450 g/mol. The lowest BCUT2D eigenvalue weighted by Crippen LogP contribution is -2.18. The van der Waals surface area contributed by atoms with Gasteiger partial charge >= 0.3 is 5.97 Å². The molecule has 0 saturated carbocycles. The Labute approximate surface area is 195 Å². The van der Waals surface area contributed by atoms with Gasteiger partial charge in [0.1, 0.15) is 0 Å². The molecule has 1 heterocycles. The van der Waals surface area contributed by atoms with Crippen LogP contribution in [0.3, 0.4) is 0 Å². The lowest BCUT2D eigenvalue weighted by atomic mass is 10.0. The molecule has 0 atom stereocenters. The highest BCUT2D eigenvalue weighted by atomic mass is 35.5. The maximum Gasteiger partial charge on any atom is 0.338 e. The predicted octanol–water partition coefficient (Wildman–Crippen LogP) is 8.58. The standard InChI is InChI=1S/C27H44ClNO2/c1-2-3-4-5-6-7-8-9-10-11-12-13-14-17-22-31-27(30)24-18-19-25(28)26(23-24)29-20-15-16-21-29/h18-19,23H,2-17,20-22H2,1H3. The lowest BCUT2D eigenvalue weighted by molar-refractivity contribution is 0.0497. The van der Waals surface area contributed by atoms with Crippen molar-refractivity contribution in [2.24, 2.45) is 0 Å². The van der Waals surface area contributed by atoms with E-state index in [0.717, 1.165) is 31.6 Å². The Hall–Kier alpha value is -1.22. The van der Waals surface area contributed by atoms with E-state index in [0.29, 0.717) is 17.2 Å². The van der Waals surface area contributed by atoms with E-state index in [2.05, 4.69) is 11.8 Å². The summed E-state index contributed by atoms with van der Waals surface area (Å²) in [6, 6.07) is 5.48. The van der Waals surface area contributed by atoms with E-state index in [9.17, 15) is 4.79 Å². The number of hydrogen-bond acceptors (Lipinski definition) is 3. The smallest absolute Gasteiger partial charge is 0.338 e. The lowest BCUT2D eigenvalue weighted by Gasteiger charge is -2.19. The van der Waals surface area contributed by atoms with Crippen LogP contribution in [0, 0.1) is 0 Å². The van der Waals surface area contributed by atoms with E-state index in [1.807, 2.05) is 12.1 Å². The fourth-order valence-electron chi connectivity index (χ4n) is 4.38. The van der Waals surface area contributed by atoms with Crippen molar-refractivity contribution < 1.29 is 9.53 Å². The van der Waals surface area contributed by atoms with Crippen molar-refractivity contribution in [3.63, 3.8) is 0 Å². The van der Waals surface area contributed by atoms with E-state index in [1.54, 1.807) is 6.07 Å². The van der Waals surface area contributed by atoms with Gasteiger partial charge in [0.25, 0.3) is 0 Å². The number of hydrogen-bond donors (Lipinski definition) is 0. The maximum atomic E-state index is 12.4. The molecule has 0 aromatic heterocycles. The molecule has 1 aromatic carbocycles. The number of carbonyl (C=O) groups excluding carboxylic acids is 1. The Morgan fingerprint density at radius 3 is 1.90 bits per heavy atom. The van der Waals surface area contributed by atoms with E-state index in [4.69, 9.17) is 16.3 Å². The summed E-state index contributed by atoms with van der Waals surface area (Å²) in [5.41, 5.74) is 1.57. The van der Waals surface area contributed by atoms with Crippen molar-refractivity contribution >= 4 is 23.3 Å². The van der Waals surface area contributed by atoms with Crippen LogP contribution in [-0.2, 0) is 4.74 Å². The van der Waals surface area contributed by atoms with Crippen molar-refractivity contribution in [2.75, 3.05) is 24.6 Å². The molecule has 1 aliphatic heterocycles. The van der Waals surface area contributed by atoms with Gasteiger partial charge in [-0.2, -0.15) is 0 Å². The van der Waals surface area contributed by atoms with Crippen LogP contribution in [0.1, 0.15) is 120 Å². The number of esters is 1. The first kappa shape index (κ1) is 26.0. The number of halogens is 1.